The second-order valence-corrected chi connectivity index (χ2v) is 9.47. The quantitative estimate of drug-likeness (QED) is 0.552. The molecule has 0 radical (unpaired) electrons. The average molecular weight is 454 g/mol. The first kappa shape index (κ1) is 23.4. The van der Waals surface area contributed by atoms with Crippen molar-refractivity contribution in [2.75, 3.05) is 37.4 Å². The maximum absolute atomic E-state index is 14.8. The summed E-state index contributed by atoms with van der Waals surface area (Å²) >= 11 is 0. The summed E-state index contributed by atoms with van der Waals surface area (Å²) in [7, 11) is 3.45. The number of anilines is 2. The first-order valence-corrected chi connectivity index (χ1v) is 11.5. The molecule has 1 saturated heterocycles. The molecular weight excluding hydrogens is 420 g/mol. The number of fused-ring (bicyclic) bond motifs is 1. The molecule has 0 bridgehead atoms. The molecule has 0 unspecified atom stereocenters. The van der Waals surface area contributed by atoms with Crippen LogP contribution in [0.4, 0.5) is 20.3 Å². The van der Waals surface area contributed by atoms with Crippen LogP contribution in [-0.2, 0) is 0 Å². The molecule has 33 heavy (non-hydrogen) atoms. The van der Waals surface area contributed by atoms with Crippen molar-refractivity contribution in [1.29, 1.82) is 0 Å². The van der Waals surface area contributed by atoms with Crippen LogP contribution >= 0.6 is 0 Å². The van der Waals surface area contributed by atoms with Crippen LogP contribution in [-0.4, -0.2) is 54.2 Å². The number of aromatic nitrogens is 2. The summed E-state index contributed by atoms with van der Waals surface area (Å²) in [6, 6.07) is 11.4. The van der Waals surface area contributed by atoms with Crippen molar-refractivity contribution in [3.63, 3.8) is 0 Å². The summed E-state index contributed by atoms with van der Waals surface area (Å²) in [4.78, 5) is 3.42. The molecule has 3 aromatic rings. The molecule has 0 amide bonds. The lowest BCUT2D eigenvalue weighted by Crippen LogP contribution is -2.56. The molecule has 2 atom stereocenters. The van der Waals surface area contributed by atoms with Gasteiger partial charge in [0.1, 0.15) is 0 Å². The van der Waals surface area contributed by atoms with Gasteiger partial charge in [-0.2, -0.15) is 5.10 Å². The van der Waals surface area contributed by atoms with Crippen molar-refractivity contribution in [1.82, 2.24) is 15.1 Å². The van der Waals surface area contributed by atoms with Gasteiger partial charge < -0.3 is 15.1 Å². The van der Waals surface area contributed by atoms with Crippen LogP contribution in [0.3, 0.4) is 0 Å². The topological polar surface area (TPSA) is 44.3 Å². The Labute approximate surface area is 194 Å². The summed E-state index contributed by atoms with van der Waals surface area (Å²) in [6.07, 6.45) is 0.417. The zero-order chi connectivity index (χ0) is 23.9. The van der Waals surface area contributed by atoms with Crippen molar-refractivity contribution in [2.24, 2.45) is 0 Å². The Bertz CT molecular complexity index is 1160. The molecule has 1 aromatic heterocycles. The number of hydrogen-bond acceptors (Lipinski definition) is 5. The third-order valence-electron chi connectivity index (χ3n) is 6.96. The van der Waals surface area contributed by atoms with Crippen LogP contribution in [0.15, 0.2) is 36.4 Å². The number of nitrogens with one attached hydrogen (secondary N) is 1. The van der Waals surface area contributed by atoms with E-state index in [2.05, 4.69) is 54.5 Å². The van der Waals surface area contributed by atoms with Gasteiger partial charge in [-0.05, 0) is 77.0 Å². The summed E-state index contributed by atoms with van der Waals surface area (Å²) < 4.78 is 29.6. The van der Waals surface area contributed by atoms with Crippen LogP contribution in [0.25, 0.3) is 10.8 Å². The third kappa shape index (κ3) is 4.51. The lowest BCUT2D eigenvalue weighted by atomic mass is 9.98. The zero-order valence-corrected chi connectivity index (χ0v) is 20.3. The maximum Gasteiger partial charge on any atom is 0.280 e. The fourth-order valence-electron chi connectivity index (χ4n) is 4.89. The Morgan fingerprint density at radius 2 is 1.85 bits per heavy atom. The van der Waals surface area contributed by atoms with E-state index < -0.39 is 12.0 Å². The van der Waals surface area contributed by atoms with E-state index >= 15 is 0 Å². The minimum absolute atomic E-state index is 0.0222. The van der Waals surface area contributed by atoms with Crippen molar-refractivity contribution < 1.29 is 8.78 Å². The van der Waals surface area contributed by atoms with E-state index in [0.717, 1.165) is 22.2 Å². The number of halogens is 2. The van der Waals surface area contributed by atoms with Crippen LogP contribution < -0.4 is 10.2 Å². The number of aryl methyl sites for hydroxylation is 2. The van der Waals surface area contributed by atoms with Gasteiger partial charge in [-0.25, -0.2) is 8.78 Å². The fraction of sp³-hybridized carbons (Fsp3) is 0.462. The molecule has 2 heterocycles. The normalized spacial score (nSPS) is 19.2. The van der Waals surface area contributed by atoms with Crippen LogP contribution in [0.5, 0.6) is 0 Å². The Balaban J connectivity index is 1.67. The second-order valence-electron chi connectivity index (χ2n) is 9.47. The van der Waals surface area contributed by atoms with Crippen LogP contribution in [0.1, 0.15) is 41.8 Å². The van der Waals surface area contributed by atoms with Crippen molar-refractivity contribution in [3.8, 4) is 0 Å². The van der Waals surface area contributed by atoms with Crippen molar-refractivity contribution >= 4 is 22.3 Å². The molecule has 1 aliphatic heterocycles. The Morgan fingerprint density at radius 1 is 1.09 bits per heavy atom. The molecule has 5 nitrogen and oxygen atoms in total. The Kier molecular flexibility index (Phi) is 6.27. The van der Waals surface area contributed by atoms with E-state index in [9.17, 15) is 8.78 Å². The zero-order valence-electron chi connectivity index (χ0n) is 20.3. The monoisotopic (exact) mass is 453 g/mol. The first-order chi connectivity index (χ1) is 15.6. The lowest BCUT2D eigenvalue weighted by Gasteiger charge is -2.42. The third-order valence-corrected chi connectivity index (χ3v) is 6.96. The molecular formula is C26H33F2N5. The molecule has 4 rings (SSSR count). The molecule has 1 fully saturated rings. The smallest absolute Gasteiger partial charge is 0.280 e. The molecule has 0 saturated carbocycles. The molecule has 7 heteroatoms. The summed E-state index contributed by atoms with van der Waals surface area (Å²) in [5.74, 6) is -2.11. The van der Waals surface area contributed by atoms with E-state index in [1.165, 1.54) is 16.7 Å². The predicted octanol–water partition coefficient (Wildman–Crippen LogP) is 5.50. The van der Waals surface area contributed by atoms with Gasteiger partial charge in [0.2, 0.25) is 0 Å². The highest BCUT2D eigenvalue weighted by Crippen LogP contribution is 2.35. The van der Waals surface area contributed by atoms with E-state index in [1.54, 1.807) is 23.9 Å². The van der Waals surface area contributed by atoms with E-state index in [0.29, 0.717) is 18.8 Å². The standard InChI is InChI=1S/C26H33F2N5/c1-16-8-7-9-21(17(16)2)18(3)29-25-23-14-20(10-11-22(23)19(4)30-31-25)33-13-12-24(32(5)6)26(27,28)15-33/h7-11,14,18,24H,12-13,15H2,1-6H3,(H,29,31)/t18-,24+/m1/s1. The van der Waals surface area contributed by atoms with Gasteiger partial charge in [-0.15, -0.1) is 5.10 Å². The van der Waals surface area contributed by atoms with Gasteiger partial charge in [-0.3, -0.25) is 0 Å². The van der Waals surface area contributed by atoms with Gasteiger partial charge >= 0.3 is 0 Å². The summed E-state index contributed by atoms with van der Waals surface area (Å²) in [5.41, 5.74) is 5.29. The molecule has 0 spiro atoms. The lowest BCUT2D eigenvalue weighted by molar-refractivity contribution is -0.0751. The summed E-state index contributed by atoms with van der Waals surface area (Å²) in [6.45, 7) is 8.55. The fourth-order valence-corrected chi connectivity index (χ4v) is 4.89. The molecule has 176 valence electrons. The predicted molar refractivity (Wildman–Crippen MR) is 131 cm³/mol. The average Bonchev–Trinajstić information content (AvgIpc) is 2.76. The first-order valence-electron chi connectivity index (χ1n) is 11.5. The van der Waals surface area contributed by atoms with E-state index in [-0.39, 0.29) is 12.6 Å². The van der Waals surface area contributed by atoms with E-state index in [4.69, 9.17) is 0 Å². The number of rotatable bonds is 5. The highest BCUT2D eigenvalue weighted by atomic mass is 19.3. The number of hydrogen-bond donors (Lipinski definition) is 1. The molecule has 1 N–H and O–H groups in total. The van der Waals surface area contributed by atoms with Gasteiger partial charge in [0.15, 0.2) is 5.82 Å². The minimum Gasteiger partial charge on any atom is -0.365 e. The highest BCUT2D eigenvalue weighted by Gasteiger charge is 2.45. The number of piperidine rings is 1. The van der Waals surface area contributed by atoms with E-state index in [1.807, 2.05) is 25.1 Å². The van der Waals surface area contributed by atoms with Crippen LogP contribution in [0, 0.1) is 20.8 Å². The van der Waals surface area contributed by atoms with Gasteiger partial charge in [0.05, 0.1) is 24.3 Å². The van der Waals surface area contributed by atoms with Crippen molar-refractivity contribution in [3.05, 3.63) is 58.8 Å². The number of nitrogens with zero attached hydrogens (tertiary/aromatic N) is 4. The van der Waals surface area contributed by atoms with Gasteiger partial charge in [-0.1, -0.05) is 24.3 Å². The largest absolute Gasteiger partial charge is 0.365 e. The number of alkyl halides is 2. The molecule has 0 aliphatic carbocycles. The van der Waals surface area contributed by atoms with Crippen LogP contribution in [0.2, 0.25) is 0 Å². The number of benzene rings is 2. The molecule has 1 aliphatic rings. The minimum atomic E-state index is -2.78. The molecule has 2 aromatic carbocycles. The van der Waals surface area contributed by atoms with Gasteiger partial charge in [0.25, 0.3) is 5.92 Å². The Hall–Kier alpha value is -2.80. The SMILES string of the molecule is Cc1cccc([C@@H](C)Nc2nnc(C)c3ccc(N4CC[C@H](N(C)C)C(F)(F)C4)cc23)c1C. The summed E-state index contributed by atoms with van der Waals surface area (Å²) in [5, 5.41) is 14.2. The highest BCUT2D eigenvalue weighted by molar-refractivity contribution is 5.95. The van der Waals surface area contributed by atoms with Gasteiger partial charge in [0, 0.05) is 23.0 Å². The van der Waals surface area contributed by atoms with Crippen molar-refractivity contribution in [2.45, 2.75) is 52.1 Å². The maximum atomic E-state index is 14.8. The second kappa shape index (κ2) is 8.86. The Morgan fingerprint density at radius 3 is 2.55 bits per heavy atom.